The topological polar surface area (TPSA) is 134 Å². The van der Waals surface area contributed by atoms with Gasteiger partial charge in [-0.05, 0) is 0 Å². The average Bonchev–Trinajstić information content (AvgIpc) is 0.918. The number of hydrogen-bond donors (Lipinski definition) is 0. The third-order valence-corrected chi connectivity index (χ3v) is 0. The molecule has 0 fully saturated rings. The summed E-state index contributed by atoms with van der Waals surface area (Å²) in [5, 5.41) is 0. The van der Waals surface area contributed by atoms with E-state index in [4.69, 9.17) is 19.4 Å². The standard InChI is InChI=1S/3ClH.4H2N.Rh/h3*1H;4*1H2;/q;;;4*-1;+2/p-2. The molecule has 0 aliphatic rings. The molecular formula is H9Cl3N4Rh-4. The molecule has 0 unspecified atom stereocenters. The van der Waals surface area contributed by atoms with Gasteiger partial charge in [0.25, 0.3) is 0 Å². The third-order valence-electron chi connectivity index (χ3n) is 0. The van der Waals surface area contributed by atoms with Gasteiger partial charge < -0.3 is 24.6 Å². The Labute approximate surface area is 71.5 Å². The van der Waals surface area contributed by atoms with E-state index in [9.17, 15) is 0 Å². The molecule has 0 saturated carbocycles. The summed E-state index contributed by atoms with van der Waals surface area (Å²) in [6.45, 7) is 0. The zero-order chi connectivity index (χ0) is 2.71. The molecular weight excluding hydrogens is 265 g/mol. The van der Waals surface area contributed by atoms with Crippen molar-refractivity contribution in [3.63, 3.8) is 0 Å². The van der Waals surface area contributed by atoms with Gasteiger partial charge in [0.2, 0.25) is 0 Å². The van der Waals surface area contributed by atoms with Gasteiger partial charge in [-0.3, -0.25) is 0 Å². The predicted molar refractivity (Wildman–Crippen MR) is 40.1 cm³/mol. The van der Waals surface area contributed by atoms with Crippen LogP contribution in [0.25, 0.3) is 24.6 Å². The first kappa shape index (κ1) is 58.3. The average molecular weight is 274 g/mol. The van der Waals surface area contributed by atoms with E-state index in [1.54, 1.807) is 0 Å². The van der Waals surface area contributed by atoms with E-state index in [1.807, 2.05) is 0 Å². The van der Waals surface area contributed by atoms with Crippen molar-refractivity contribution in [2.24, 2.45) is 0 Å². The molecule has 0 heterocycles. The quantitative estimate of drug-likeness (QED) is 0.567. The molecule has 8 N–H and O–H groups in total. The SMILES string of the molecule is Cl.[Cl][Rh][Cl].[NH2-].[NH2-].[NH2-].[NH2-]. The van der Waals surface area contributed by atoms with Crippen LogP contribution in [0.4, 0.5) is 0 Å². The van der Waals surface area contributed by atoms with E-state index in [2.05, 4.69) is 0 Å². The molecule has 0 bridgehead atoms. The first-order valence-electron chi connectivity index (χ1n) is 0.252. The maximum atomic E-state index is 4.83. The van der Waals surface area contributed by atoms with E-state index in [0.717, 1.165) is 0 Å². The first-order valence-corrected chi connectivity index (χ1v) is 4.47. The van der Waals surface area contributed by atoms with Gasteiger partial charge in [-0.1, -0.05) is 0 Å². The van der Waals surface area contributed by atoms with Crippen molar-refractivity contribution < 1.29 is 15.1 Å². The fraction of sp³-hybridized carbons (Fsp3) is 0. The summed E-state index contributed by atoms with van der Waals surface area (Å²) in [6.07, 6.45) is 0. The summed E-state index contributed by atoms with van der Waals surface area (Å²) in [4.78, 5) is 0. The summed E-state index contributed by atoms with van der Waals surface area (Å²) >= 11 is -0.226. The van der Waals surface area contributed by atoms with E-state index < -0.39 is 0 Å². The molecule has 8 heavy (non-hydrogen) atoms. The van der Waals surface area contributed by atoms with Crippen LogP contribution in [0.3, 0.4) is 0 Å². The van der Waals surface area contributed by atoms with Crippen molar-refractivity contribution in [1.82, 2.24) is 0 Å². The number of rotatable bonds is 0. The minimum Gasteiger partial charge on any atom is -0.693 e. The maximum Gasteiger partial charge on any atom is -0.693 e. The van der Waals surface area contributed by atoms with Crippen LogP contribution in [0.2, 0.25) is 0 Å². The van der Waals surface area contributed by atoms with Gasteiger partial charge in [0.15, 0.2) is 0 Å². The number of hydrogen-bond acceptors (Lipinski definition) is 0. The van der Waals surface area contributed by atoms with E-state index in [1.165, 1.54) is 0 Å². The molecule has 0 amide bonds. The summed E-state index contributed by atoms with van der Waals surface area (Å²) in [7, 11) is 9.67. The fourth-order valence-corrected chi connectivity index (χ4v) is 0. The van der Waals surface area contributed by atoms with Crippen LogP contribution in [0.5, 0.6) is 0 Å². The molecule has 0 rings (SSSR count). The Balaban J connectivity index is -0.00000000200. The minimum atomic E-state index is -0.226. The Morgan fingerprint density at radius 3 is 0.750 bits per heavy atom. The van der Waals surface area contributed by atoms with Crippen LogP contribution >= 0.6 is 31.8 Å². The van der Waals surface area contributed by atoms with Crippen LogP contribution in [0.1, 0.15) is 0 Å². The van der Waals surface area contributed by atoms with Gasteiger partial charge in [0.1, 0.15) is 0 Å². The number of halogens is 3. The summed E-state index contributed by atoms with van der Waals surface area (Å²) in [5.41, 5.74) is 0. The monoisotopic (exact) mass is 273 g/mol. The van der Waals surface area contributed by atoms with Gasteiger partial charge in [-0.25, -0.2) is 0 Å². The normalized spacial score (nSPS) is 2.75. The smallest absolute Gasteiger partial charge is 0.693 e. The zero-order valence-corrected chi connectivity index (χ0v) is 7.77. The van der Waals surface area contributed by atoms with Gasteiger partial charge in [-0.15, -0.1) is 12.4 Å². The van der Waals surface area contributed by atoms with Crippen LogP contribution in [0.15, 0.2) is 0 Å². The van der Waals surface area contributed by atoms with Crippen LogP contribution in [0, 0.1) is 0 Å². The Morgan fingerprint density at radius 2 is 0.750 bits per heavy atom. The molecule has 0 aromatic heterocycles. The first-order chi connectivity index (χ1) is 1.41. The molecule has 0 atom stereocenters. The molecule has 4 nitrogen and oxygen atoms in total. The molecule has 0 aliphatic carbocycles. The van der Waals surface area contributed by atoms with Gasteiger partial charge >= 0.3 is 34.5 Å². The predicted octanol–water partition coefficient (Wildman–Crippen LogP) is 4.67. The Morgan fingerprint density at radius 1 is 0.750 bits per heavy atom. The van der Waals surface area contributed by atoms with E-state index >= 15 is 0 Å². The Bertz CT molecular complexity index is 11.2. The van der Waals surface area contributed by atoms with Crippen LogP contribution < -0.4 is 0 Å². The van der Waals surface area contributed by atoms with Crippen LogP contribution in [-0.2, 0) is 15.1 Å². The largest absolute Gasteiger partial charge is 0.693 e. The molecule has 8 heteroatoms. The molecule has 0 aromatic carbocycles. The second-order valence-electron chi connectivity index (χ2n) is 0.0476. The van der Waals surface area contributed by atoms with Crippen molar-refractivity contribution >= 4 is 31.8 Å². The zero-order valence-electron chi connectivity index (χ0n) is 3.81. The summed E-state index contributed by atoms with van der Waals surface area (Å²) in [5.74, 6) is 0. The summed E-state index contributed by atoms with van der Waals surface area (Å²) in [6, 6.07) is 0. The maximum absolute atomic E-state index is 4.83. The van der Waals surface area contributed by atoms with E-state index in [-0.39, 0.29) is 52.2 Å². The second kappa shape index (κ2) is 82.3. The summed E-state index contributed by atoms with van der Waals surface area (Å²) < 4.78 is 0. The molecule has 0 aromatic rings. The Kier molecular flexibility index (Phi) is 600. The molecule has 0 radical (unpaired) electrons. The van der Waals surface area contributed by atoms with E-state index in [0.29, 0.717) is 0 Å². The third kappa shape index (κ3) is 165. The van der Waals surface area contributed by atoms with Gasteiger partial charge in [0.05, 0.1) is 0 Å². The minimum absolute atomic E-state index is 0. The van der Waals surface area contributed by atoms with Gasteiger partial charge in [0, 0.05) is 0 Å². The van der Waals surface area contributed by atoms with Crippen LogP contribution in [-0.4, -0.2) is 0 Å². The second-order valence-corrected chi connectivity index (χ2v) is 2.54. The van der Waals surface area contributed by atoms with Crippen molar-refractivity contribution in [1.29, 1.82) is 0 Å². The molecule has 0 spiro atoms. The molecule has 63 valence electrons. The van der Waals surface area contributed by atoms with Crippen molar-refractivity contribution in [2.75, 3.05) is 0 Å². The van der Waals surface area contributed by atoms with Crippen molar-refractivity contribution in [3.8, 4) is 0 Å². The fourth-order valence-electron chi connectivity index (χ4n) is 0. The van der Waals surface area contributed by atoms with Crippen molar-refractivity contribution in [3.05, 3.63) is 24.6 Å². The van der Waals surface area contributed by atoms with Crippen molar-refractivity contribution in [2.45, 2.75) is 0 Å². The molecule has 0 aliphatic heterocycles. The Hall–Kier alpha value is 1.33. The number of nitrogens with two attached hydrogens (primary N) is 4. The van der Waals surface area contributed by atoms with Gasteiger partial charge in [-0.2, -0.15) is 0 Å². The molecule has 0 saturated heterocycles.